The summed E-state index contributed by atoms with van der Waals surface area (Å²) < 4.78 is 0. The van der Waals surface area contributed by atoms with Crippen LogP contribution in [0.5, 0.6) is 0 Å². The molecule has 14 rings (SSSR count). The lowest BCUT2D eigenvalue weighted by Gasteiger charge is -2.50. The van der Waals surface area contributed by atoms with Gasteiger partial charge in [-0.1, -0.05) is 211 Å². The van der Waals surface area contributed by atoms with Crippen molar-refractivity contribution in [1.29, 1.82) is 0 Å². The second-order valence-corrected chi connectivity index (χ2v) is 22.6. The van der Waals surface area contributed by atoms with Crippen LogP contribution in [0.2, 0.25) is 0 Å². The van der Waals surface area contributed by atoms with Gasteiger partial charge in [-0.05, 0) is 167 Å². The molecule has 360 valence electrons. The lowest BCUT2D eigenvalue weighted by Crippen LogP contribution is -2.38. The molecule has 0 amide bonds. The smallest absolute Gasteiger partial charge is 0.0544 e. The molecule has 2 nitrogen and oxygen atoms in total. The first-order chi connectivity index (χ1) is 36.4. The summed E-state index contributed by atoms with van der Waals surface area (Å²) in [5, 5.41) is 2.44. The normalized spacial score (nSPS) is 14.8. The summed E-state index contributed by atoms with van der Waals surface area (Å²) in [5.74, 6) is 0. The predicted octanol–water partition coefficient (Wildman–Crippen LogP) is 20.0. The Hall–Kier alpha value is -8.72. The molecule has 3 aliphatic rings. The summed E-state index contributed by atoms with van der Waals surface area (Å²) in [6.45, 7) is 14.6. The van der Waals surface area contributed by atoms with E-state index >= 15 is 0 Å². The minimum absolute atomic E-state index is 0.268. The molecule has 2 heteroatoms. The Morgan fingerprint density at radius 2 is 0.693 bits per heavy atom. The summed E-state index contributed by atoms with van der Waals surface area (Å²) in [4.78, 5) is 5.05. The first-order valence-electron chi connectivity index (χ1n) is 26.6. The Kier molecular flexibility index (Phi) is 9.98. The predicted molar refractivity (Wildman–Crippen MR) is 317 cm³/mol. The number of benzene rings is 11. The van der Waals surface area contributed by atoms with Crippen LogP contribution in [-0.4, -0.2) is 0 Å². The van der Waals surface area contributed by atoms with E-state index in [2.05, 4.69) is 294 Å². The van der Waals surface area contributed by atoms with E-state index in [1.165, 1.54) is 117 Å². The fraction of sp³-hybridized carbons (Fsp3) is 0.123. The van der Waals surface area contributed by atoms with E-state index in [0.29, 0.717) is 0 Å². The van der Waals surface area contributed by atoms with Crippen LogP contribution < -0.4 is 9.80 Å². The van der Waals surface area contributed by atoms with E-state index in [-0.39, 0.29) is 16.2 Å². The molecule has 11 aromatic carbocycles. The molecule has 0 spiro atoms. The van der Waals surface area contributed by atoms with Crippen LogP contribution in [0, 0.1) is 0 Å². The van der Waals surface area contributed by atoms with Gasteiger partial charge in [0.05, 0.1) is 22.7 Å². The van der Waals surface area contributed by atoms with Crippen molar-refractivity contribution < 1.29 is 0 Å². The van der Waals surface area contributed by atoms with E-state index in [1.54, 1.807) is 0 Å². The minimum Gasteiger partial charge on any atom is -0.310 e. The van der Waals surface area contributed by atoms with Crippen LogP contribution in [-0.2, 0) is 16.2 Å². The molecule has 0 N–H and O–H groups in total. The fourth-order valence-electron chi connectivity index (χ4n) is 13.0. The standard InChI is InChI=1S/C73H58N2/c1-71(2)61-41-54(31-37-59(61)60-38-36-57(46-62(60)71)74(67-28-18-26-51-25-16-17-27-58(51)67)56-34-29-50(30-35-56)47-19-10-7-11-20-47)55-44-65-70-66(45-55)73(5,6)64-43-53(49-23-14-9-15-24-49)33-40-69(64)75(70)68-39-32-52(42-63(68)72(65,3)4)48-21-12-8-13-22-48/h7-46H,1-6H3. The van der Waals surface area contributed by atoms with Crippen molar-refractivity contribution in [1.82, 2.24) is 0 Å². The number of fused-ring (bicyclic) bond motifs is 8. The van der Waals surface area contributed by atoms with Crippen LogP contribution in [0.25, 0.3) is 66.4 Å². The summed E-state index contributed by atoms with van der Waals surface area (Å²) >= 11 is 0. The molecular weight excluding hydrogens is 905 g/mol. The molecule has 2 heterocycles. The maximum Gasteiger partial charge on any atom is 0.0544 e. The van der Waals surface area contributed by atoms with Gasteiger partial charge < -0.3 is 9.80 Å². The van der Waals surface area contributed by atoms with E-state index in [9.17, 15) is 0 Å². The van der Waals surface area contributed by atoms with Crippen molar-refractivity contribution in [2.75, 3.05) is 9.80 Å². The minimum atomic E-state index is -0.297. The molecule has 0 unspecified atom stereocenters. The van der Waals surface area contributed by atoms with Gasteiger partial charge in [0.25, 0.3) is 0 Å². The second kappa shape index (κ2) is 16.6. The molecule has 1 aliphatic carbocycles. The maximum absolute atomic E-state index is 2.60. The van der Waals surface area contributed by atoms with E-state index in [4.69, 9.17) is 0 Å². The average Bonchev–Trinajstić information content (AvgIpc) is 3.78. The Morgan fingerprint density at radius 1 is 0.293 bits per heavy atom. The molecule has 0 aromatic heterocycles. The Balaban J connectivity index is 0.906. The number of hydrogen-bond acceptors (Lipinski definition) is 2. The zero-order valence-corrected chi connectivity index (χ0v) is 43.5. The zero-order chi connectivity index (χ0) is 50.8. The topological polar surface area (TPSA) is 6.48 Å². The molecule has 11 aromatic rings. The summed E-state index contributed by atoms with van der Waals surface area (Å²) in [7, 11) is 0. The molecule has 2 aliphatic heterocycles. The third kappa shape index (κ3) is 6.93. The van der Waals surface area contributed by atoms with Gasteiger partial charge >= 0.3 is 0 Å². The van der Waals surface area contributed by atoms with Gasteiger partial charge in [0.15, 0.2) is 0 Å². The lowest BCUT2D eigenvalue weighted by atomic mass is 9.65. The molecular formula is C73H58N2. The van der Waals surface area contributed by atoms with Crippen molar-refractivity contribution in [3.8, 4) is 55.6 Å². The van der Waals surface area contributed by atoms with Crippen LogP contribution >= 0.6 is 0 Å². The Morgan fingerprint density at radius 3 is 1.28 bits per heavy atom. The maximum atomic E-state index is 2.60. The fourth-order valence-corrected chi connectivity index (χ4v) is 13.0. The highest BCUT2D eigenvalue weighted by Gasteiger charge is 2.46. The number of hydrogen-bond donors (Lipinski definition) is 0. The highest BCUT2D eigenvalue weighted by Crippen LogP contribution is 2.62. The van der Waals surface area contributed by atoms with E-state index in [1.807, 2.05) is 0 Å². The molecule has 0 saturated heterocycles. The van der Waals surface area contributed by atoms with Gasteiger partial charge in [-0.25, -0.2) is 0 Å². The van der Waals surface area contributed by atoms with E-state index < -0.39 is 0 Å². The summed E-state index contributed by atoms with van der Waals surface area (Å²) in [6.07, 6.45) is 0. The first kappa shape index (κ1) is 44.9. The molecule has 75 heavy (non-hydrogen) atoms. The highest BCUT2D eigenvalue weighted by atomic mass is 15.2. The molecule has 0 fully saturated rings. The monoisotopic (exact) mass is 962 g/mol. The Bertz CT molecular complexity index is 3940. The SMILES string of the molecule is CC1(C)c2cc(-c3cc4c5c(c3)C(C)(C)c3cc(-c6ccccc6)ccc3N5c3ccc(-c5ccccc5)cc3C4(C)C)ccc2-c2ccc(N(c3ccc(-c4ccccc4)cc3)c3cccc4ccccc34)cc21. The number of rotatable bonds is 7. The quantitative estimate of drug-likeness (QED) is 0.157. The zero-order valence-electron chi connectivity index (χ0n) is 43.5. The van der Waals surface area contributed by atoms with Crippen LogP contribution in [0.15, 0.2) is 243 Å². The largest absolute Gasteiger partial charge is 0.310 e. The van der Waals surface area contributed by atoms with Crippen LogP contribution in [0.4, 0.5) is 34.1 Å². The van der Waals surface area contributed by atoms with Crippen molar-refractivity contribution in [2.45, 2.75) is 57.8 Å². The molecule has 0 saturated carbocycles. The molecule has 0 atom stereocenters. The summed E-state index contributed by atoms with van der Waals surface area (Å²) in [6, 6.07) is 90.7. The molecule has 0 radical (unpaired) electrons. The van der Waals surface area contributed by atoms with E-state index in [0.717, 1.165) is 17.1 Å². The van der Waals surface area contributed by atoms with Gasteiger partial charge in [0.2, 0.25) is 0 Å². The average molecular weight is 963 g/mol. The number of anilines is 6. The van der Waals surface area contributed by atoms with Gasteiger partial charge in [-0.2, -0.15) is 0 Å². The van der Waals surface area contributed by atoms with Crippen molar-refractivity contribution in [2.24, 2.45) is 0 Å². The van der Waals surface area contributed by atoms with Crippen molar-refractivity contribution >= 4 is 44.9 Å². The summed E-state index contributed by atoms with van der Waals surface area (Å²) in [5.41, 5.74) is 27.0. The third-order valence-electron chi connectivity index (χ3n) is 17.2. The van der Waals surface area contributed by atoms with Gasteiger partial charge in [-0.3, -0.25) is 0 Å². The Labute approximate surface area is 441 Å². The van der Waals surface area contributed by atoms with Gasteiger partial charge in [-0.15, -0.1) is 0 Å². The molecule has 0 bridgehead atoms. The number of nitrogens with zero attached hydrogens (tertiary/aromatic N) is 2. The lowest BCUT2D eigenvalue weighted by molar-refractivity contribution is 0.598. The van der Waals surface area contributed by atoms with Gasteiger partial charge in [0, 0.05) is 33.0 Å². The highest BCUT2D eigenvalue weighted by molar-refractivity contribution is 6.00. The van der Waals surface area contributed by atoms with Crippen molar-refractivity contribution in [3.05, 3.63) is 276 Å². The first-order valence-corrected chi connectivity index (χ1v) is 26.6. The van der Waals surface area contributed by atoms with Gasteiger partial charge in [0.1, 0.15) is 0 Å². The second-order valence-electron chi connectivity index (χ2n) is 22.6. The third-order valence-corrected chi connectivity index (χ3v) is 17.2. The van der Waals surface area contributed by atoms with Crippen LogP contribution in [0.3, 0.4) is 0 Å². The van der Waals surface area contributed by atoms with Crippen LogP contribution in [0.1, 0.15) is 74.9 Å². The van der Waals surface area contributed by atoms with Crippen molar-refractivity contribution in [3.63, 3.8) is 0 Å².